The summed E-state index contributed by atoms with van der Waals surface area (Å²) in [5.41, 5.74) is 3.97. The van der Waals surface area contributed by atoms with Crippen LogP contribution in [0.2, 0.25) is 0 Å². The summed E-state index contributed by atoms with van der Waals surface area (Å²) in [6, 6.07) is 20.1. The molecule has 0 aliphatic carbocycles. The maximum Gasteiger partial charge on any atom is 0.137 e. The van der Waals surface area contributed by atoms with Gasteiger partial charge in [0.2, 0.25) is 0 Å². The fourth-order valence-electron chi connectivity index (χ4n) is 2.34. The summed E-state index contributed by atoms with van der Waals surface area (Å²) < 4.78 is 0.834. The van der Waals surface area contributed by atoms with Crippen molar-refractivity contribution in [1.29, 1.82) is 0 Å². The van der Waals surface area contributed by atoms with E-state index in [-0.39, 0.29) is 0 Å². The highest BCUT2D eigenvalue weighted by molar-refractivity contribution is 5.58. The summed E-state index contributed by atoms with van der Waals surface area (Å²) in [4.78, 5) is 0. The van der Waals surface area contributed by atoms with Gasteiger partial charge in [0, 0.05) is 0 Å². The molecular weight excluding hydrogens is 218 g/mol. The van der Waals surface area contributed by atoms with Crippen LogP contribution in [-0.2, 0) is 0 Å². The Bertz CT molecular complexity index is 499. The second kappa shape index (κ2) is 4.95. The summed E-state index contributed by atoms with van der Waals surface area (Å²) in [7, 11) is 2.28. The van der Waals surface area contributed by atoms with E-state index in [2.05, 4.69) is 82.4 Å². The second-order valence-corrected chi connectivity index (χ2v) is 5.34. The predicted molar refractivity (Wildman–Crippen MR) is 80.1 cm³/mol. The average Bonchev–Trinajstić information content (AvgIpc) is 2.39. The van der Waals surface area contributed by atoms with Crippen LogP contribution in [0.4, 0.5) is 11.4 Å². The first kappa shape index (κ1) is 12.8. The molecule has 0 amide bonds. The summed E-state index contributed by atoms with van der Waals surface area (Å²) in [5.74, 6) is 0. The van der Waals surface area contributed by atoms with E-state index in [0.29, 0.717) is 6.04 Å². The van der Waals surface area contributed by atoms with E-state index in [0.717, 1.165) is 4.48 Å². The van der Waals surface area contributed by atoms with Gasteiger partial charge in [0.15, 0.2) is 0 Å². The Labute approximate surface area is 110 Å². The fourth-order valence-corrected chi connectivity index (χ4v) is 2.34. The van der Waals surface area contributed by atoms with Crippen LogP contribution in [0.3, 0.4) is 0 Å². The molecule has 0 radical (unpaired) electrons. The van der Waals surface area contributed by atoms with Crippen molar-refractivity contribution >= 4 is 11.4 Å². The first-order valence-electron chi connectivity index (χ1n) is 6.54. The first-order chi connectivity index (χ1) is 8.55. The van der Waals surface area contributed by atoms with Crippen LogP contribution in [0.25, 0.3) is 0 Å². The maximum absolute atomic E-state index is 2.28. The van der Waals surface area contributed by atoms with Gasteiger partial charge in [0.25, 0.3) is 0 Å². The molecule has 1 atom stereocenters. The van der Waals surface area contributed by atoms with Gasteiger partial charge in [-0.3, -0.25) is 4.48 Å². The average molecular weight is 240 g/mol. The molecule has 0 heterocycles. The number of quaternary nitrogens is 1. The number of rotatable bonds is 3. The lowest BCUT2D eigenvalue weighted by atomic mass is 10.1. The molecule has 2 aromatic rings. The number of hydrogen-bond donors (Lipinski definition) is 0. The summed E-state index contributed by atoms with van der Waals surface area (Å²) >= 11 is 0. The molecular formula is C17H22N+. The molecule has 1 heteroatoms. The molecule has 0 aliphatic heterocycles. The zero-order chi connectivity index (χ0) is 13.2. The minimum atomic E-state index is 0.495. The first-order valence-corrected chi connectivity index (χ1v) is 6.54. The van der Waals surface area contributed by atoms with Crippen molar-refractivity contribution in [3.63, 3.8) is 0 Å². The molecule has 2 rings (SSSR count). The van der Waals surface area contributed by atoms with Crippen molar-refractivity contribution in [1.82, 2.24) is 4.48 Å². The minimum absolute atomic E-state index is 0.495. The van der Waals surface area contributed by atoms with Gasteiger partial charge in [-0.25, -0.2) is 0 Å². The lowest BCUT2D eigenvalue weighted by Gasteiger charge is -2.37. The smallest absolute Gasteiger partial charge is 0.137 e. The number of para-hydroxylation sites is 1. The van der Waals surface area contributed by atoms with E-state index in [9.17, 15) is 0 Å². The number of benzene rings is 2. The Balaban J connectivity index is 2.54. The normalized spacial score (nSPS) is 14.5. The Morgan fingerprint density at radius 1 is 0.778 bits per heavy atom. The van der Waals surface area contributed by atoms with E-state index in [1.54, 1.807) is 0 Å². The third-order valence-electron chi connectivity index (χ3n) is 3.90. The van der Waals surface area contributed by atoms with Gasteiger partial charge in [-0.05, 0) is 45.0 Å². The van der Waals surface area contributed by atoms with Crippen LogP contribution >= 0.6 is 0 Å². The van der Waals surface area contributed by atoms with Crippen LogP contribution < -0.4 is 4.48 Å². The number of hydrogen-bond acceptors (Lipinski definition) is 0. The maximum atomic E-state index is 2.28. The SMILES string of the molecule is Cc1ccc([N+](C)(c2ccccc2)C(C)C)cc1. The Kier molecular flexibility index (Phi) is 3.53. The molecule has 0 aromatic heterocycles. The van der Waals surface area contributed by atoms with Crippen molar-refractivity contribution < 1.29 is 0 Å². The monoisotopic (exact) mass is 240 g/mol. The standard InChI is InChI=1S/C17H22N/c1-14(2)18(4,16-8-6-5-7-9-16)17-12-10-15(3)11-13-17/h5-14H,1-4H3/q+1. The van der Waals surface area contributed by atoms with Crippen molar-refractivity contribution in [2.75, 3.05) is 7.05 Å². The second-order valence-electron chi connectivity index (χ2n) is 5.34. The quantitative estimate of drug-likeness (QED) is 0.684. The highest BCUT2D eigenvalue weighted by atomic mass is 15.4. The third kappa shape index (κ3) is 2.19. The number of nitrogens with zero attached hydrogens (tertiary/aromatic N) is 1. The van der Waals surface area contributed by atoms with Crippen molar-refractivity contribution in [2.24, 2.45) is 0 Å². The molecule has 18 heavy (non-hydrogen) atoms. The highest BCUT2D eigenvalue weighted by Gasteiger charge is 2.31. The molecule has 1 nitrogen and oxygen atoms in total. The largest absolute Gasteiger partial charge is 0.259 e. The van der Waals surface area contributed by atoms with E-state index in [1.807, 2.05) is 0 Å². The molecule has 0 aliphatic rings. The molecule has 0 saturated heterocycles. The summed E-state index contributed by atoms with van der Waals surface area (Å²) in [5, 5.41) is 0. The van der Waals surface area contributed by atoms with E-state index >= 15 is 0 Å². The lowest BCUT2D eigenvalue weighted by Crippen LogP contribution is -2.45. The molecule has 94 valence electrons. The van der Waals surface area contributed by atoms with Gasteiger partial charge in [-0.15, -0.1) is 0 Å². The Hall–Kier alpha value is -1.60. The zero-order valence-corrected chi connectivity index (χ0v) is 11.7. The van der Waals surface area contributed by atoms with Crippen LogP contribution in [0, 0.1) is 6.92 Å². The fraction of sp³-hybridized carbons (Fsp3) is 0.294. The van der Waals surface area contributed by atoms with Crippen LogP contribution in [0.1, 0.15) is 19.4 Å². The molecule has 0 spiro atoms. The zero-order valence-electron chi connectivity index (χ0n) is 11.7. The molecule has 0 bridgehead atoms. The molecule has 2 aromatic carbocycles. The number of aryl methyl sites for hydroxylation is 1. The Morgan fingerprint density at radius 3 is 1.78 bits per heavy atom. The third-order valence-corrected chi connectivity index (χ3v) is 3.90. The van der Waals surface area contributed by atoms with Gasteiger partial charge in [-0.2, -0.15) is 0 Å². The predicted octanol–water partition coefficient (Wildman–Crippen LogP) is 4.67. The molecule has 0 N–H and O–H groups in total. The van der Waals surface area contributed by atoms with Crippen molar-refractivity contribution in [3.8, 4) is 0 Å². The van der Waals surface area contributed by atoms with Crippen molar-refractivity contribution in [2.45, 2.75) is 26.8 Å². The van der Waals surface area contributed by atoms with E-state index in [1.165, 1.54) is 16.9 Å². The van der Waals surface area contributed by atoms with Gasteiger partial charge < -0.3 is 0 Å². The van der Waals surface area contributed by atoms with Gasteiger partial charge >= 0.3 is 0 Å². The van der Waals surface area contributed by atoms with E-state index < -0.39 is 0 Å². The molecule has 0 saturated carbocycles. The molecule has 1 unspecified atom stereocenters. The highest BCUT2D eigenvalue weighted by Crippen LogP contribution is 2.35. The van der Waals surface area contributed by atoms with E-state index in [4.69, 9.17) is 0 Å². The van der Waals surface area contributed by atoms with Gasteiger partial charge in [0.1, 0.15) is 11.4 Å². The Morgan fingerprint density at radius 2 is 1.28 bits per heavy atom. The molecule has 0 fully saturated rings. The van der Waals surface area contributed by atoms with Gasteiger partial charge in [-0.1, -0.05) is 35.9 Å². The minimum Gasteiger partial charge on any atom is -0.259 e. The lowest BCUT2D eigenvalue weighted by molar-refractivity contribution is 0.380. The summed E-state index contributed by atoms with van der Waals surface area (Å²) in [6.45, 7) is 6.67. The van der Waals surface area contributed by atoms with Crippen LogP contribution in [-0.4, -0.2) is 13.1 Å². The topological polar surface area (TPSA) is 0 Å². The summed E-state index contributed by atoms with van der Waals surface area (Å²) in [6.07, 6.45) is 0. The van der Waals surface area contributed by atoms with Crippen molar-refractivity contribution in [3.05, 3.63) is 60.2 Å². The van der Waals surface area contributed by atoms with Crippen LogP contribution in [0.15, 0.2) is 54.6 Å². The van der Waals surface area contributed by atoms with Gasteiger partial charge in [0.05, 0.1) is 13.1 Å². The van der Waals surface area contributed by atoms with Crippen LogP contribution in [0.5, 0.6) is 0 Å².